The quantitative estimate of drug-likeness (QED) is 0.364. The van der Waals surface area contributed by atoms with Crippen LogP contribution in [0.5, 0.6) is 0 Å². The molecule has 1 saturated carbocycles. The molecule has 0 bridgehead atoms. The van der Waals surface area contributed by atoms with Gasteiger partial charge in [0.05, 0.1) is 13.2 Å². The summed E-state index contributed by atoms with van der Waals surface area (Å²) < 4.78 is 5.40. The van der Waals surface area contributed by atoms with Gasteiger partial charge in [-0.15, -0.1) is 35.3 Å². The van der Waals surface area contributed by atoms with Gasteiger partial charge in [-0.3, -0.25) is 9.89 Å². The molecule has 3 rings (SSSR count). The topological polar surface area (TPSA) is 48.9 Å². The van der Waals surface area contributed by atoms with Gasteiger partial charge in [0, 0.05) is 50.1 Å². The summed E-state index contributed by atoms with van der Waals surface area (Å²) in [6, 6.07) is 4.50. The number of halogens is 1. The summed E-state index contributed by atoms with van der Waals surface area (Å²) in [7, 11) is 1.86. The summed E-state index contributed by atoms with van der Waals surface area (Å²) in [6.45, 7) is 6.73. The van der Waals surface area contributed by atoms with E-state index in [1.807, 2.05) is 18.4 Å². The van der Waals surface area contributed by atoms with Crippen LogP contribution >= 0.6 is 35.3 Å². The van der Waals surface area contributed by atoms with E-state index in [0.29, 0.717) is 0 Å². The van der Waals surface area contributed by atoms with Crippen molar-refractivity contribution >= 4 is 41.3 Å². The van der Waals surface area contributed by atoms with Crippen LogP contribution in [0.4, 0.5) is 0 Å². The van der Waals surface area contributed by atoms with Gasteiger partial charge in [0.15, 0.2) is 5.96 Å². The summed E-state index contributed by atoms with van der Waals surface area (Å²) in [4.78, 5) is 8.40. The maximum Gasteiger partial charge on any atom is 0.191 e. The van der Waals surface area contributed by atoms with Crippen LogP contribution in [0.15, 0.2) is 22.5 Å². The van der Waals surface area contributed by atoms with Crippen LogP contribution in [0.1, 0.15) is 37.0 Å². The van der Waals surface area contributed by atoms with Crippen LogP contribution in [0, 0.1) is 0 Å². The normalized spacial score (nSPS) is 21.0. The molecule has 2 aliphatic rings. The third-order valence-corrected chi connectivity index (χ3v) is 6.61. The molecule has 2 fully saturated rings. The fraction of sp³-hybridized carbons (Fsp3) is 0.737. The number of aliphatic imine (C=N–C) groups is 1. The highest BCUT2D eigenvalue weighted by Gasteiger charge is 2.34. The van der Waals surface area contributed by atoms with E-state index >= 15 is 0 Å². The van der Waals surface area contributed by atoms with Crippen molar-refractivity contribution in [1.82, 2.24) is 15.5 Å². The van der Waals surface area contributed by atoms with Crippen LogP contribution in [0.25, 0.3) is 0 Å². The second-order valence-electron chi connectivity index (χ2n) is 7.12. The first-order valence-electron chi connectivity index (χ1n) is 9.61. The van der Waals surface area contributed by atoms with Crippen molar-refractivity contribution in [3.8, 4) is 0 Å². The minimum absolute atomic E-state index is 0. The standard InChI is InChI=1S/C19H32N4OS.HI/c1-20-18(21-9-10-23-11-13-24-14-12-23)22-16-19(7-3-2-4-8-19)17-6-5-15-25-17;/h5-6,15H,2-4,7-14,16H2,1H3,(H2,20,21,22);1H. The Morgan fingerprint density at radius 2 is 2.00 bits per heavy atom. The van der Waals surface area contributed by atoms with Gasteiger partial charge in [-0.2, -0.15) is 0 Å². The van der Waals surface area contributed by atoms with E-state index < -0.39 is 0 Å². The molecule has 0 aromatic carbocycles. The third-order valence-electron chi connectivity index (χ3n) is 5.50. The largest absolute Gasteiger partial charge is 0.379 e. The average molecular weight is 492 g/mol. The van der Waals surface area contributed by atoms with Gasteiger partial charge in [0.1, 0.15) is 0 Å². The number of morpholine rings is 1. The summed E-state index contributed by atoms with van der Waals surface area (Å²) in [5.74, 6) is 0.926. The van der Waals surface area contributed by atoms with Gasteiger partial charge in [0.25, 0.3) is 0 Å². The van der Waals surface area contributed by atoms with Crippen LogP contribution in [-0.4, -0.2) is 63.8 Å². The van der Waals surface area contributed by atoms with Gasteiger partial charge < -0.3 is 15.4 Å². The van der Waals surface area contributed by atoms with Crippen LogP contribution in [-0.2, 0) is 10.2 Å². The van der Waals surface area contributed by atoms with Crippen molar-refractivity contribution in [2.24, 2.45) is 4.99 Å². The minimum atomic E-state index is 0. The molecular formula is C19H33IN4OS. The summed E-state index contributed by atoms with van der Waals surface area (Å²) in [6.07, 6.45) is 6.61. The Balaban J connectivity index is 0.00000243. The van der Waals surface area contributed by atoms with Crippen molar-refractivity contribution in [2.75, 3.05) is 53.0 Å². The van der Waals surface area contributed by atoms with Gasteiger partial charge in [-0.25, -0.2) is 0 Å². The molecule has 5 nitrogen and oxygen atoms in total. The molecule has 7 heteroatoms. The molecule has 0 atom stereocenters. The molecule has 1 saturated heterocycles. The second kappa shape index (κ2) is 11.5. The number of nitrogens with one attached hydrogen (secondary N) is 2. The van der Waals surface area contributed by atoms with Crippen molar-refractivity contribution in [3.05, 3.63) is 22.4 Å². The first-order valence-corrected chi connectivity index (χ1v) is 10.5. The predicted octanol–water partition coefficient (Wildman–Crippen LogP) is 3.07. The highest BCUT2D eigenvalue weighted by Crippen LogP contribution is 2.41. The fourth-order valence-corrected chi connectivity index (χ4v) is 4.94. The van der Waals surface area contributed by atoms with E-state index in [0.717, 1.165) is 51.9 Å². The highest BCUT2D eigenvalue weighted by molar-refractivity contribution is 14.0. The molecule has 26 heavy (non-hydrogen) atoms. The number of hydrogen-bond donors (Lipinski definition) is 2. The number of thiophene rings is 1. The molecule has 0 radical (unpaired) electrons. The van der Waals surface area contributed by atoms with Gasteiger partial charge >= 0.3 is 0 Å². The Morgan fingerprint density at radius 3 is 2.65 bits per heavy atom. The van der Waals surface area contributed by atoms with Gasteiger partial charge in [0.2, 0.25) is 0 Å². The lowest BCUT2D eigenvalue weighted by atomic mass is 9.73. The summed E-state index contributed by atoms with van der Waals surface area (Å²) in [5, 5.41) is 9.30. The number of hydrogen-bond acceptors (Lipinski definition) is 4. The van der Waals surface area contributed by atoms with Crippen molar-refractivity contribution in [2.45, 2.75) is 37.5 Å². The Labute approximate surface area is 179 Å². The Bertz CT molecular complexity index is 526. The van der Waals surface area contributed by atoms with Crippen LogP contribution in [0.2, 0.25) is 0 Å². The van der Waals surface area contributed by atoms with E-state index in [1.54, 1.807) is 0 Å². The van der Waals surface area contributed by atoms with E-state index in [4.69, 9.17) is 4.74 Å². The fourth-order valence-electron chi connectivity index (χ4n) is 3.95. The maximum atomic E-state index is 5.40. The number of nitrogens with zero attached hydrogens (tertiary/aromatic N) is 2. The molecule has 2 N–H and O–H groups in total. The zero-order valence-corrected chi connectivity index (χ0v) is 19.0. The van der Waals surface area contributed by atoms with E-state index in [1.165, 1.54) is 37.0 Å². The summed E-state index contributed by atoms with van der Waals surface area (Å²) >= 11 is 1.91. The Morgan fingerprint density at radius 1 is 1.23 bits per heavy atom. The van der Waals surface area contributed by atoms with Gasteiger partial charge in [-0.1, -0.05) is 25.3 Å². The van der Waals surface area contributed by atoms with E-state index in [2.05, 4.69) is 38.0 Å². The minimum Gasteiger partial charge on any atom is -0.379 e. The summed E-state index contributed by atoms with van der Waals surface area (Å²) in [5.41, 5.74) is 0.286. The molecule has 1 aromatic rings. The molecule has 1 aliphatic heterocycles. The predicted molar refractivity (Wildman–Crippen MR) is 121 cm³/mol. The zero-order valence-electron chi connectivity index (χ0n) is 15.8. The first kappa shape index (κ1) is 21.9. The van der Waals surface area contributed by atoms with Crippen molar-refractivity contribution < 1.29 is 4.74 Å². The number of guanidine groups is 1. The second-order valence-corrected chi connectivity index (χ2v) is 8.07. The van der Waals surface area contributed by atoms with E-state index in [9.17, 15) is 0 Å². The average Bonchev–Trinajstić information content (AvgIpc) is 3.21. The molecule has 1 aliphatic carbocycles. The molecule has 2 heterocycles. The molecule has 0 spiro atoms. The zero-order chi connectivity index (χ0) is 17.4. The number of ether oxygens (including phenoxy) is 1. The highest BCUT2D eigenvalue weighted by atomic mass is 127. The van der Waals surface area contributed by atoms with Gasteiger partial charge in [-0.05, 0) is 24.3 Å². The van der Waals surface area contributed by atoms with Crippen molar-refractivity contribution in [3.63, 3.8) is 0 Å². The van der Waals surface area contributed by atoms with E-state index in [-0.39, 0.29) is 29.4 Å². The molecular weight excluding hydrogens is 459 g/mol. The molecule has 0 amide bonds. The smallest absolute Gasteiger partial charge is 0.191 e. The van der Waals surface area contributed by atoms with Crippen LogP contribution < -0.4 is 10.6 Å². The maximum absolute atomic E-state index is 5.40. The molecule has 0 unspecified atom stereocenters. The lowest BCUT2D eigenvalue weighted by Gasteiger charge is -2.37. The molecule has 1 aromatic heterocycles. The number of rotatable bonds is 6. The van der Waals surface area contributed by atoms with Crippen LogP contribution in [0.3, 0.4) is 0 Å². The Hall–Kier alpha value is -0.380. The Kier molecular flexibility index (Phi) is 9.66. The monoisotopic (exact) mass is 492 g/mol. The third kappa shape index (κ3) is 6.07. The van der Waals surface area contributed by atoms with Crippen molar-refractivity contribution in [1.29, 1.82) is 0 Å². The molecule has 148 valence electrons. The lowest BCUT2D eigenvalue weighted by Crippen LogP contribution is -2.48. The SMILES string of the molecule is CN=C(NCCN1CCOCC1)NCC1(c2cccs2)CCCCC1.I. The first-order chi connectivity index (χ1) is 12.3. The lowest BCUT2D eigenvalue weighted by molar-refractivity contribution is 0.0389.